The van der Waals surface area contributed by atoms with Crippen LogP contribution in [0.15, 0.2) is 64.5 Å². The summed E-state index contributed by atoms with van der Waals surface area (Å²) >= 11 is 8.03. The third-order valence-corrected chi connectivity index (χ3v) is 6.56. The first-order valence-corrected chi connectivity index (χ1v) is 11.6. The fraction of sp³-hybridized carbons (Fsp3) is 0.261. The molecule has 2 heterocycles. The summed E-state index contributed by atoms with van der Waals surface area (Å²) in [4.78, 5) is 13.7. The number of hydrogen-bond acceptors (Lipinski definition) is 5. The molecule has 0 saturated carbocycles. The zero-order valence-electron chi connectivity index (χ0n) is 18.2. The molecule has 9 heteroatoms. The summed E-state index contributed by atoms with van der Waals surface area (Å²) in [7, 11) is 3.56. The molecule has 0 radical (unpaired) electrons. The van der Waals surface area contributed by atoms with E-state index in [1.54, 1.807) is 29.6 Å². The van der Waals surface area contributed by atoms with Gasteiger partial charge in [-0.25, -0.2) is 4.68 Å². The number of nitrogens with zero attached hydrogens (tertiary/aromatic N) is 5. The number of aromatic nitrogens is 5. The highest BCUT2D eigenvalue weighted by atomic mass is 35.5. The Hall–Kier alpha value is -2.81. The van der Waals surface area contributed by atoms with Gasteiger partial charge in [-0.15, -0.1) is 10.2 Å². The average Bonchev–Trinajstić information content (AvgIpc) is 3.30. The molecule has 0 amide bonds. The Labute approximate surface area is 195 Å². The number of hydrogen-bond donors (Lipinski definition) is 0. The molecule has 0 saturated heterocycles. The zero-order chi connectivity index (χ0) is 22.7. The molecule has 0 fully saturated rings. The third-order valence-electron chi connectivity index (χ3n) is 5.22. The van der Waals surface area contributed by atoms with Crippen LogP contribution in [-0.4, -0.2) is 43.6 Å². The lowest BCUT2D eigenvalue weighted by atomic mass is 10.2. The predicted octanol–water partition coefficient (Wildman–Crippen LogP) is 4.51. The summed E-state index contributed by atoms with van der Waals surface area (Å²) in [5.74, 6) is 1.32. The van der Waals surface area contributed by atoms with Gasteiger partial charge in [0, 0.05) is 32.1 Å². The second-order valence-corrected chi connectivity index (χ2v) is 8.70. The first kappa shape index (κ1) is 22.4. The molecule has 0 N–H and O–H groups in total. The van der Waals surface area contributed by atoms with Crippen LogP contribution in [0.5, 0.6) is 0 Å². The van der Waals surface area contributed by atoms with Gasteiger partial charge in [0.1, 0.15) is 5.69 Å². The number of ether oxygens (including phenoxy) is 1. The van der Waals surface area contributed by atoms with Crippen molar-refractivity contribution in [3.05, 3.63) is 75.7 Å². The highest BCUT2D eigenvalue weighted by Gasteiger charge is 2.25. The molecular weight excluding hydrogens is 446 g/mol. The highest BCUT2D eigenvalue weighted by molar-refractivity contribution is 7.99. The fourth-order valence-corrected chi connectivity index (χ4v) is 4.63. The van der Waals surface area contributed by atoms with E-state index in [4.69, 9.17) is 16.3 Å². The summed E-state index contributed by atoms with van der Waals surface area (Å²) in [5.41, 5.74) is 2.66. The van der Waals surface area contributed by atoms with E-state index in [9.17, 15) is 4.79 Å². The predicted molar refractivity (Wildman–Crippen MR) is 128 cm³/mol. The van der Waals surface area contributed by atoms with Crippen molar-refractivity contribution in [3.63, 3.8) is 0 Å². The molecule has 2 aromatic heterocycles. The Morgan fingerprint density at radius 1 is 1.06 bits per heavy atom. The second kappa shape index (κ2) is 9.77. The van der Waals surface area contributed by atoms with Gasteiger partial charge in [-0.1, -0.05) is 53.7 Å². The van der Waals surface area contributed by atoms with E-state index in [2.05, 4.69) is 10.2 Å². The number of rotatable bonds is 8. The first-order valence-electron chi connectivity index (χ1n) is 10.2. The van der Waals surface area contributed by atoms with Gasteiger partial charge in [-0.2, -0.15) is 0 Å². The van der Waals surface area contributed by atoms with Crippen LogP contribution in [0.25, 0.3) is 22.8 Å². The SMILES string of the molecule is COCCCSc1nnc(-c2ccccc2Cl)n1-c1c(C)n(C)n(-c2ccccc2)c1=O. The lowest BCUT2D eigenvalue weighted by molar-refractivity contribution is 0.200. The van der Waals surface area contributed by atoms with Crippen molar-refractivity contribution in [2.75, 3.05) is 19.5 Å². The Bertz CT molecular complexity index is 1280. The topological polar surface area (TPSA) is 66.9 Å². The largest absolute Gasteiger partial charge is 0.385 e. The van der Waals surface area contributed by atoms with Gasteiger partial charge in [-0.3, -0.25) is 14.0 Å². The number of methoxy groups -OCH3 is 1. The molecule has 0 atom stereocenters. The maximum absolute atomic E-state index is 13.7. The maximum Gasteiger partial charge on any atom is 0.296 e. The molecule has 2 aromatic carbocycles. The van der Waals surface area contributed by atoms with Crippen LogP contribution in [0.3, 0.4) is 0 Å². The number of halogens is 1. The molecule has 32 heavy (non-hydrogen) atoms. The molecule has 4 rings (SSSR count). The summed E-state index contributed by atoms with van der Waals surface area (Å²) in [6.07, 6.45) is 0.859. The van der Waals surface area contributed by atoms with E-state index in [1.165, 1.54) is 0 Å². The van der Waals surface area contributed by atoms with E-state index in [1.807, 2.05) is 71.8 Å². The van der Waals surface area contributed by atoms with E-state index in [0.29, 0.717) is 28.3 Å². The first-order chi connectivity index (χ1) is 15.5. The van der Waals surface area contributed by atoms with Gasteiger partial charge in [0.2, 0.25) is 0 Å². The number of benzene rings is 2. The Balaban J connectivity index is 1.92. The molecule has 0 aliphatic rings. The summed E-state index contributed by atoms with van der Waals surface area (Å²) < 4.78 is 10.5. The van der Waals surface area contributed by atoms with Gasteiger partial charge >= 0.3 is 0 Å². The number of para-hydroxylation sites is 1. The monoisotopic (exact) mass is 469 g/mol. The van der Waals surface area contributed by atoms with E-state index >= 15 is 0 Å². The standard InChI is InChI=1S/C23H24ClN5O2S/c1-16-20(22(30)29(27(16)2)17-10-5-4-6-11-17)28-21(18-12-7-8-13-19(18)24)25-26-23(28)32-15-9-14-31-3/h4-8,10-13H,9,14-15H2,1-3H3. The quantitative estimate of drug-likeness (QED) is 0.280. The lowest BCUT2D eigenvalue weighted by Crippen LogP contribution is -2.21. The van der Waals surface area contributed by atoms with E-state index < -0.39 is 0 Å². The minimum Gasteiger partial charge on any atom is -0.385 e. The third kappa shape index (κ3) is 4.13. The molecule has 0 spiro atoms. The molecular formula is C23H24ClN5O2S. The van der Waals surface area contributed by atoms with Crippen molar-refractivity contribution in [2.45, 2.75) is 18.5 Å². The zero-order valence-corrected chi connectivity index (χ0v) is 19.7. The van der Waals surface area contributed by atoms with Crippen molar-refractivity contribution >= 4 is 23.4 Å². The molecule has 166 valence electrons. The Morgan fingerprint density at radius 3 is 2.50 bits per heavy atom. The Morgan fingerprint density at radius 2 is 1.78 bits per heavy atom. The second-order valence-electron chi connectivity index (χ2n) is 7.23. The molecule has 0 aliphatic carbocycles. The van der Waals surface area contributed by atoms with Crippen molar-refractivity contribution in [3.8, 4) is 22.8 Å². The van der Waals surface area contributed by atoms with Crippen molar-refractivity contribution in [1.82, 2.24) is 24.1 Å². The van der Waals surface area contributed by atoms with Crippen LogP contribution in [0.4, 0.5) is 0 Å². The van der Waals surface area contributed by atoms with Gasteiger partial charge in [0.05, 0.1) is 16.4 Å². The molecule has 0 bridgehead atoms. The van der Waals surface area contributed by atoms with Crippen LogP contribution >= 0.6 is 23.4 Å². The molecule has 0 aliphatic heterocycles. The summed E-state index contributed by atoms with van der Waals surface area (Å²) in [6.45, 7) is 2.58. The average molecular weight is 470 g/mol. The van der Waals surface area contributed by atoms with Crippen LogP contribution < -0.4 is 5.56 Å². The van der Waals surface area contributed by atoms with Gasteiger partial charge in [0.15, 0.2) is 11.0 Å². The molecule has 0 unspecified atom stereocenters. The van der Waals surface area contributed by atoms with Gasteiger partial charge in [0.25, 0.3) is 5.56 Å². The molecule has 4 aromatic rings. The smallest absolute Gasteiger partial charge is 0.296 e. The van der Waals surface area contributed by atoms with Crippen molar-refractivity contribution in [2.24, 2.45) is 7.05 Å². The van der Waals surface area contributed by atoms with Crippen LogP contribution in [0.2, 0.25) is 5.02 Å². The maximum atomic E-state index is 13.7. The number of thioether (sulfide) groups is 1. The molecule has 7 nitrogen and oxygen atoms in total. The Kier molecular flexibility index (Phi) is 6.83. The minimum atomic E-state index is -0.150. The normalized spacial score (nSPS) is 11.2. The van der Waals surface area contributed by atoms with E-state index in [0.717, 1.165) is 29.1 Å². The highest BCUT2D eigenvalue weighted by Crippen LogP contribution is 2.32. The van der Waals surface area contributed by atoms with Gasteiger partial charge in [-0.05, 0) is 37.6 Å². The van der Waals surface area contributed by atoms with Crippen molar-refractivity contribution in [1.29, 1.82) is 0 Å². The lowest BCUT2D eigenvalue weighted by Gasteiger charge is -2.10. The van der Waals surface area contributed by atoms with Gasteiger partial charge < -0.3 is 4.74 Å². The van der Waals surface area contributed by atoms with Crippen LogP contribution in [0.1, 0.15) is 12.1 Å². The van der Waals surface area contributed by atoms with Crippen LogP contribution in [-0.2, 0) is 11.8 Å². The fourth-order valence-electron chi connectivity index (χ4n) is 3.56. The van der Waals surface area contributed by atoms with Crippen LogP contribution in [0, 0.1) is 6.92 Å². The van der Waals surface area contributed by atoms with E-state index in [-0.39, 0.29) is 5.56 Å². The summed E-state index contributed by atoms with van der Waals surface area (Å²) in [6, 6.07) is 17.0. The summed E-state index contributed by atoms with van der Waals surface area (Å²) in [5, 5.41) is 10.0. The minimum absolute atomic E-state index is 0.150. The van der Waals surface area contributed by atoms with Crippen molar-refractivity contribution < 1.29 is 4.74 Å².